The van der Waals surface area contributed by atoms with Crippen LogP contribution in [0.25, 0.3) is 0 Å². The molecule has 0 spiro atoms. The van der Waals surface area contributed by atoms with Gasteiger partial charge < -0.3 is 19.5 Å². The molecule has 0 saturated carbocycles. The van der Waals surface area contributed by atoms with Crippen LogP contribution in [0, 0.1) is 0 Å². The predicted octanol–water partition coefficient (Wildman–Crippen LogP) is 1.85. The number of hydrogen-bond acceptors (Lipinski definition) is 6. The highest BCUT2D eigenvalue weighted by atomic mass is 16.7. The van der Waals surface area contributed by atoms with E-state index in [1.807, 2.05) is 18.2 Å². The summed E-state index contributed by atoms with van der Waals surface area (Å²) in [4.78, 5) is 26.2. The van der Waals surface area contributed by atoms with Crippen molar-refractivity contribution in [1.29, 1.82) is 0 Å². The summed E-state index contributed by atoms with van der Waals surface area (Å²) in [5.41, 5.74) is 1.47. The summed E-state index contributed by atoms with van der Waals surface area (Å²) in [5.74, 6) is 1.51. The van der Waals surface area contributed by atoms with E-state index in [1.165, 1.54) is 4.90 Å². The SMILES string of the molecule is COc1cccc(N2C(=O)CC(NCc3ccc4c(c3)OCO4)C2=O)c1. The lowest BCUT2D eigenvalue weighted by atomic mass is 10.1. The van der Waals surface area contributed by atoms with E-state index in [0.29, 0.717) is 29.5 Å². The van der Waals surface area contributed by atoms with Gasteiger partial charge in [-0.25, -0.2) is 4.90 Å². The Hall–Kier alpha value is -3.06. The van der Waals surface area contributed by atoms with Crippen molar-refractivity contribution in [3.8, 4) is 17.2 Å². The van der Waals surface area contributed by atoms with Gasteiger partial charge in [0.25, 0.3) is 5.91 Å². The fourth-order valence-electron chi connectivity index (χ4n) is 3.10. The van der Waals surface area contributed by atoms with E-state index >= 15 is 0 Å². The largest absolute Gasteiger partial charge is 0.497 e. The number of nitrogens with zero attached hydrogens (tertiary/aromatic N) is 1. The molecule has 134 valence electrons. The molecular formula is C19H18N2O5. The number of methoxy groups -OCH3 is 1. The number of fused-ring (bicyclic) bond motifs is 1. The highest BCUT2D eigenvalue weighted by molar-refractivity contribution is 6.22. The molecule has 0 radical (unpaired) electrons. The molecule has 26 heavy (non-hydrogen) atoms. The van der Waals surface area contributed by atoms with Crippen molar-refractivity contribution in [3.05, 3.63) is 48.0 Å². The zero-order valence-electron chi connectivity index (χ0n) is 14.2. The molecule has 2 aromatic rings. The van der Waals surface area contributed by atoms with E-state index in [1.54, 1.807) is 31.4 Å². The van der Waals surface area contributed by atoms with Crippen LogP contribution in [0.15, 0.2) is 42.5 Å². The predicted molar refractivity (Wildman–Crippen MR) is 93.3 cm³/mol. The van der Waals surface area contributed by atoms with Crippen molar-refractivity contribution in [3.63, 3.8) is 0 Å². The Morgan fingerprint density at radius 1 is 1.15 bits per heavy atom. The molecule has 2 aliphatic rings. The summed E-state index contributed by atoms with van der Waals surface area (Å²) in [6.07, 6.45) is 0.126. The number of rotatable bonds is 5. The first-order valence-electron chi connectivity index (χ1n) is 8.28. The Labute approximate surface area is 150 Å². The van der Waals surface area contributed by atoms with E-state index in [9.17, 15) is 9.59 Å². The Kier molecular flexibility index (Phi) is 4.22. The number of benzene rings is 2. The van der Waals surface area contributed by atoms with E-state index in [4.69, 9.17) is 14.2 Å². The van der Waals surface area contributed by atoms with Crippen molar-refractivity contribution in [2.75, 3.05) is 18.8 Å². The summed E-state index contributed by atoms with van der Waals surface area (Å²) in [7, 11) is 1.54. The Bertz CT molecular complexity index is 867. The molecule has 2 amide bonds. The van der Waals surface area contributed by atoms with Crippen LogP contribution in [0.4, 0.5) is 5.69 Å². The quantitative estimate of drug-likeness (QED) is 0.826. The highest BCUT2D eigenvalue weighted by Gasteiger charge is 2.39. The third kappa shape index (κ3) is 2.97. The standard InChI is InChI=1S/C19H18N2O5/c1-24-14-4-2-3-13(8-14)21-18(22)9-15(19(21)23)20-10-12-5-6-16-17(7-12)26-11-25-16/h2-8,15,20H,9-11H2,1H3. The van der Waals surface area contributed by atoms with Crippen LogP contribution in [-0.2, 0) is 16.1 Å². The number of amides is 2. The van der Waals surface area contributed by atoms with Gasteiger partial charge in [-0.15, -0.1) is 0 Å². The van der Waals surface area contributed by atoms with E-state index in [-0.39, 0.29) is 25.0 Å². The van der Waals surface area contributed by atoms with Gasteiger partial charge in [0.1, 0.15) is 5.75 Å². The molecule has 0 bridgehead atoms. The highest BCUT2D eigenvalue weighted by Crippen LogP contribution is 2.32. The molecule has 1 unspecified atom stereocenters. The van der Waals surface area contributed by atoms with Crippen LogP contribution < -0.4 is 24.4 Å². The number of carbonyl (C=O) groups is 2. The molecule has 0 aromatic heterocycles. The maximum absolute atomic E-state index is 12.7. The van der Waals surface area contributed by atoms with Gasteiger partial charge >= 0.3 is 0 Å². The van der Waals surface area contributed by atoms with Gasteiger partial charge in [-0.3, -0.25) is 9.59 Å². The number of ether oxygens (including phenoxy) is 3. The minimum absolute atomic E-state index is 0.126. The van der Waals surface area contributed by atoms with Crippen molar-refractivity contribution in [2.24, 2.45) is 0 Å². The maximum atomic E-state index is 12.7. The molecule has 7 nitrogen and oxygen atoms in total. The first kappa shape index (κ1) is 16.4. The number of carbonyl (C=O) groups excluding carboxylic acids is 2. The van der Waals surface area contributed by atoms with Gasteiger partial charge in [0.15, 0.2) is 11.5 Å². The molecule has 1 fully saturated rings. The monoisotopic (exact) mass is 354 g/mol. The Morgan fingerprint density at radius 3 is 2.85 bits per heavy atom. The molecule has 1 saturated heterocycles. The van der Waals surface area contributed by atoms with Crippen molar-refractivity contribution >= 4 is 17.5 Å². The third-order valence-corrected chi connectivity index (χ3v) is 4.45. The second-order valence-electron chi connectivity index (χ2n) is 6.09. The lowest BCUT2D eigenvalue weighted by Gasteiger charge is -2.16. The van der Waals surface area contributed by atoms with Crippen LogP contribution in [0.3, 0.4) is 0 Å². The number of hydrogen-bond donors (Lipinski definition) is 1. The molecule has 2 heterocycles. The fourth-order valence-corrected chi connectivity index (χ4v) is 3.10. The fraction of sp³-hybridized carbons (Fsp3) is 0.263. The minimum Gasteiger partial charge on any atom is -0.497 e. The van der Waals surface area contributed by atoms with Gasteiger partial charge in [-0.1, -0.05) is 12.1 Å². The van der Waals surface area contributed by atoms with Crippen LogP contribution in [0.1, 0.15) is 12.0 Å². The number of nitrogens with one attached hydrogen (secondary N) is 1. The topological polar surface area (TPSA) is 77.1 Å². The van der Waals surface area contributed by atoms with Gasteiger partial charge in [0, 0.05) is 12.6 Å². The molecule has 7 heteroatoms. The van der Waals surface area contributed by atoms with Crippen LogP contribution >= 0.6 is 0 Å². The molecule has 2 aromatic carbocycles. The number of anilines is 1. The second kappa shape index (κ2) is 6.68. The molecule has 2 aliphatic heterocycles. The van der Waals surface area contributed by atoms with Gasteiger partial charge in [-0.05, 0) is 29.8 Å². The first-order chi connectivity index (χ1) is 12.7. The second-order valence-corrected chi connectivity index (χ2v) is 6.09. The van der Waals surface area contributed by atoms with Gasteiger partial charge in [0.2, 0.25) is 12.7 Å². The third-order valence-electron chi connectivity index (χ3n) is 4.45. The normalized spacial score (nSPS) is 18.5. The van der Waals surface area contributed by atoms with E-state index in [0.717, 1.165) is 5.56 Å². The average Bonchev–Trinajstić information content (AvgIpc) is 3.23. The molecule has 1 N–H and O–H groups in total. The lowest BCUT2D eigenvalue weighted by Crippen LogP contribution is -2.38. The zero-order chi connectivity index (χ0) is 18.1. The Balaban J connectivity index is 1.45. The maximum Gasteiger partial charge on any atom is 0.251 e. The first-order valence-corrected chi connectivity index (χ1v) is 8.28. The molecule has 4 rings (SSSR count). The van der Waals surface area contributed by atoms with Gasteiger partial charge in [0.05, 0.1) is 25.3 Å². The van der Waals surface area contributed by atoms with Crippen molar-refractivity contribution in [2.45, 2.75) is 19.0 Å². The van der Waals surface area contributed by atoms with E-state index < -0.39 is 6.04 Å². The van der Waals surface area contributed by atoms with Crippen LogP contribution in [0.5, 0.6) is 17.2 Å². The summed E-state index contributed by atoms with van der Waals surface area (Å²) >= 11 is 0. The smallest absolute Gasteiger partial charge is 0.251 e. The van der Waals surface area contributed by atoms with Crippen molar-refractivity contribution in [1.82, 2.24) is 5.32 Å². The summed E-state index contributed by atoms with van der Waals surface area (Å²) in [6.45, 7) is 0.670. The summed E-state index contributed by atoms with van der Waals surface area (Å²) < 4.78 is 15.8. The van der Waals surface area contributed by atoms with Gasteiger partial charge in [-0.2, -0.15) is 0 Å². The summed E-state index contributed by atoms with van der Waals surface area (Å²) in [5, 5.41) is 3.16. The molecular weight excluding hydrogens is 336 g/mol. The van der Waals surface area contributed by atoms with Crippen LogP contribution in [0.2, 0.25) is 0 Å². The zero-order valence-corrected chi connectivity index (χ0v) is 14.2. The average molecular weight is 354 g/mol. The van der Waals surface area contributed by atoms with Crippen LogP contribution in [-0.4, -0.2) is 31.8 Å². The minimum atomic E-state index is -0.556. The number of imide groups is 1. The Morgan fingerprint density at radius 2 is 2.00 bits per heavy atom. The van der Waals surface area contributed by atoms with E-state index in [2.05, 4.69) is 5.32 Å². The summed E-state index contributed by atoms with van der Waals surface area (Å²) in [6, 6.07) is 12.0. The molecule has 1 atom stereocenters. The lowest BCUT2D eigenvalue weighted by molar-refractivity contribution is -0.121. The van der Waals surface area contributed by atoms with Crippen molar-refractivity contribution < 1.29 is 23.8 Å². The molecule has 0 aliphatic carbocycles.